The molecule has 1 aromatic heterocycles. The van der Waals surface area contributed by atoms with Crippen LogP contribution in [0.25, 0.3) is 5.76 Å². The lowest BCUT2D eigenvalue weighted by molar-refractivity contribution is 0.269. The smallest absolute Gasteiger partial charge is 0.124 e. The highest BCUT2D eigenvalue weighted by Gasteiger charge is 2.43. The van der Waals surface area contributed by atoms with E-state index in [9.17, 15) is 0 Å². The van der Waals surface area contributed by atoms with Gasteiger partial charge >= 0.3 is 0 Å². The number of aryl methyl sites for hydroxylation is 1. The Bertz CT molecular complexity index is 397. The molecule has 1 fully saturated rings. The van der Waals surface area contributed by atoms with Crippen LogP contribution in [0.5, 0.6) is 0 Å². The molecule has 2 atom stereocenters. The van der Waals surface area contributed by atoms with E-state index in [0.29, 0.717) is 12.0 Å². The summed E-state index contributed by atoms with van der Waals surface area (Å²) in [5.74, 6) is 1.73. The molecule has 0 bridgehead atoms. The Hall–Kier alpha value is -1.31. The van der Waals surface area contributed by atoms with Crippen LogP contribution in [0.2, 0.25) is 0 Å². The number of fused-ring (bicyclic) bond motifs is 1. The zero-order valence-corrected chi connectivity index (χ0v) is 8.23. The van der Waals surface area contributed by atoms with Gasteiger partial charge in [-0.05, 0) is 30.5 Å². The van der Waals surface area contributed by atoms with Crippen molar-refractivity contribution in [3.8, 4) is 0 Å². The van der Waals surface area contributed by atoms with E-state index < -0.39 is 0 Å². The van der Waals surface area contributed by atoms with Gasteiger partial charge < -0.3 is 4.74 Å². The molecule has 2 aliphatic rings. The molecular formula is C12H13NO. The van der Waals surface area contributed by atoms with Crippen molar-refractivity contribution in [2.45, 2.75) is 25.9 Å². The first kappa shape index (κ1) is 8.04. The van der Waals surface area contributed by atoms with E-state index in [1.54, 1.807) is 0 Å². The third kappa shape index (κ3) is 1.22. The lowest BCUT2D eigenvalue weighted by Gasteiger charge is -2.06. The van der Waals surface area contributed by atoms with E-state index in [1.807, 2.05) is 12.4 Å². The fraction of sp³-hybridized carbons (Fsp3) is 0.417. The molecule has 0 radical (unpaired) electrons. The topological polar surface area (TPSA) is 22.1 Å². The van der Waals surface area contributed by atoms with Gasteiger partial charge in [-0.3, -0.25) is 4.98 Å². The van der Waals surface area contributed by atoms with Gasteiger partial charge in [0, 0.05) is 23.9 Å². The Morgan fingerprint density at radius 2 is 2.43 bits per heavy atom. The summed E-state index contributed by atoms with van der Waals surface area (Å²) in [5, 5.41) is 0. The van der Waals surface area contributed by atoms with Crippen LogP contribution < -0.4 is 0 Å². The Labute approximate surface area is 83.6 Å². The average molecular weight is 187 g/mol. The van der Waals surface area contributed by atoms with E-state index in [-0.39, 0.29) is 0 Å². The Morgan fingerprint density at radius 1 is 1.50 bits per heavy atom. The molecule has 0 spiro atoms. The largest absolute Gasteiger partial charge is 0.489 e. The van der Waals surface area contributed by atoms with Gasteiger partial charge in [0.25, 0.3) is 0 Å². The molecule has 2 unspecified atom stereocenters. The highest BCUT2D eigenvalue weighted by atomic mass is 16.5. The molecule has 0 saturated heterocycles. The van der Waals surface area contributed by atoms with Gasteiger partial charge in [0.1, 0.15) is 11.9 Å². The summed E-state index contributed by atoms with van der Waals surface area (Å²) in [6.45, 7) is 2.14. The zero-order chi connectivity index (χ0) is 9.54. The van der Waals surface area contributed by atoms with E-state index >= 15 is 0 Å². The van der Waals surface area contributed by atoms with Gasteiger partial charge in [-0.2, -0.15) is 0 Å². The molecule has 0 N–H and O–H groups in total. The second-order valence-corrected chi connectivity index (χ2v) is 4.02. The zero-order valence-electron chi connectivity index (χ0n) is 8.23. The molecule has 0 aromatic carbocycles. The molecule has 1 saturated carbocycles. The minimum absolute atomic E-state index is 0.482. The number of rotatable bonds is 2. The maximum absolute atomic E-state index is 5.74. The lowest BCUT2D eigenvalue weighted by Crippen LogP contribution is -1.92. The molecule has 2 nitrogen and oxygen atoms in total. The van der Waals surface area contributed by atoms with Gasteiger partial charge in [-0.15, -0.1) is 0 Å². The van der Waals surface area contributed by atoms with Gasteiger partial charge in [0.05, 0.1) is 0 Å². The second kappa shape index (κ2) is 2.84. The average Bonchev–Trinajstić information content (AvgIpc) is 2.86. The molecule has 1 aliphatic carbocycles. The molecule has 3 rings (SSSR count). The molecule has 0 amide bonds. The highest BCUT2D eigenvalue weighted by molar-refractivity contribution is 5.63. The van der Waals surface area contributed by atoms with Crippen molar-refractivity contribution in [3.63, 3.8) is 0 Å². The first-order chi connectivity index (χ1) is 6.86. The quantitative estimate of drug-likeness (QED) is 0.709. The second-order valence-electron chi connectivity index (χ2n) is 4.02. The summed E-state index contributed by atoms with van der Waals surface area (Å²) >= 11 is 0. The first-order valence-corrected chi connectivity index (χ1v) is 5.19. The maximum atomic E-state index is 5.74. The minimum atomic E-state index is 0.482. The van der Waals surface area contributed by atoms with Crippen LogP contribution >= 0.6 is 0 Å². The molecule has 2 heteroatoms. The van der Waals surface area contributed by atoms with Crippen LogP contribution in [-0.4, -0.2) is 11.1 Å². The number of ether oxygens (including phenoxy) is 1. The molecule has 72 valence electrons. The SMILES string of the molecule is CCc1cncc(C2=CC3CC3O2)c1. The van der Waals surface area contributed by atoms with Crippen LogP contribution in [0.3, 0.4) is 0 Å². The van der Waals surface area contributed by atoms with E-state index in [0.717, 1.165) is 17.7 Å². The third-order valence-corrected chi connectivity index (χ3v) is 2.91. The summed E-state index contributed by atoms with van der Waals surface area (Å²) in [6, 6.07) is 2.17. The van der Waals surface area contributed by atoms with Crippen molar-refractivity contribution < 1.29 is 4.74 Å². The monoisotopic (exact) mass is 187 g/mol. The standard InChI is InChI=1S/C12H13NO/c1-2-8-3-10(7-13-6-8)12-5-9-4-11(9)14-12/h3,5-7,9,11H,2,4H2,1H3. The molecule has 2 heterocycles. The predicted octanol–water partition coefficient (Wildman–Crippen LogP) is 2.40. The van der Waals surface area contributed by atoms with Crippen LogP contribution in [0, 0.1) is 5.92 Å². The Balaban J connectivity index is 1.92. The van der Waals surface area contributed by atoms with Crippen LogP contribution in [0.15, 0.2) is 24.5 Å². The molecule has 1 aliphatic heterocycles. The van der Waals surface area contributed by atoms with Crippen molar-refractivity contribution in [2.24, 2.45) is 5.92 Å². The third-order valence-electron chi connectivity index (χ3n) is 2.91. The van der Waals surface area contributed by atoms with E-state index in [4.69, 9.17) is 4.74 Å². The van der Waals surface area contributed by atoms with Gasteiger partial charge in [0.15, 0.2) is 0 Å². The van der Waals surface area contributed by atoms with Crippen LogP contribution in [0.4, 0.5) is 0 Å². The fourth-order valence-corrected chi connectivity index (χ4v) is 1.88. The van der Waals surface area contributed by atoms with Gasteiger partial charge in [-0.25, -0.2) is 0 Å². The van der Waals surface area contributed by atoms with E-state index in [1.165, 1.54) is 12.0 Å². The highest BCUT2D eigenvalue weighted by Crippen LogP contribution is 2.45. The van der Waals surface area contributed by atoms with Crippen molar-refractivity contribution in [3.05, 3.63) is 35.7 Å². The Morgan fingerprint density at radius 3 is 3.14 bits per heavy atom. The van der Waals surface area contributed by atoms with Crippen molar-refractivity contribution in [1.29, 1.82) is 0 Å². The van der Waals surface area contributed by atoms with Crippen molar-refractivity contribution >= 4 is 5.76 Å². The molecular weight excluding hydrogens is 174 g/mol. The first-order valence-electron chi connectivity index (χ1n) is 5.19. The minimum Gasteiger partial charge on any atom is -0.489 e. The summed E-state index contributed by atoms with van der Waals surface area (Å²) in [7, 11) is 0. The Kier molecular flexibility index (Phi) is 1.63. The summed E-state index contributed by atoms with van der Waals surface area (Å²) in [6.07, 6.45) is 8.76. The molecule has 1 aromatic rings. The number of hydrogen-bond donors (Lipinski definition) is 0. The van der Waals surface area contributed by atoms with Gasteiger partial charge in [0.2, 0.25) is 0 Å². The number of aromatic nitrogens is 1. The van der Waals surface area contributed by atoms with Crippen LogP contribution in [0.1, 0.15) is 24.5 Å². The number of pyridine rings is 1. The summed E-state index contributed by atoms with van der Waals surface area (Å²) in [4.78, 5) is 4.22. The maximum Gasteiger partial charge on any atom is 0.124 e. The van der Waals surface area contributed by atoms with Crippen molar-refractivity contribution in [2.75, 3.05) is 0 Å². The summed E-state index contributed by atoms with van der Waals surface area (Å²) < 4.78 is 5.74. The predicted molar refractivity (Wildman–Crippen MR) is 54.6 cm³/mol. The molecule has 14 heavy (non-hydrogen) atoms. The van der Waals surface area contributed by atoms with Crippen LogP contribution in [-0.2, 0) is 11.2 Å². The fourth-order valence-electron chi connectivity index (χ4n) is 1.88. The van der Waals surface area contributed by atoms with Gasteiger partial charge in [-0.1, -0.05) is 6.92 Å². The van der Waals surface area contributed by atoms with Crippen molar-refractivity contribution in [1.82, 2.24) is 4.98 Å². The number of nitrogens with zero attached hydrogens (tertiary/aromatic N) is 1. The lowest BCUT2D eigenvalue weighted by atomic mass is 10.1. The van der Waals surface area contributed by atoms with E-state index in [2.05, 4.69) is 24.1 Å². The normalized spacial score (nSPS) is 27.9. The number of hydrogen-bond acceptors (Lipinski definition) is 2. The summed E-state index contributed by atoms with van der Waals surface area (Å²) in [5.41, 5.74) is 2.41.